The van der Waals surface area contributed by atoms with Gasteiger partial charge >= 0.3 is 0 Å². The molecule has 0 saturated heterocycles. The normalized spacial score (nSPS) is 16.5. The Labute approximate surface area is 87.4 Å². The molecule has 1 aliphatic rings. The van der Waals surface area contributed by atoms with Gasteiger partial charge in [-0.15, -0.1) is 0 Å². The number of imidazole rings is 1. The molecule has 78 valence electrons. The lowest BCUT2D eigenvalue weighted by Crippen LogP contribution is -2.24. The zero-order valence-corrected chi connectivity index (χ0v) is 8.36. The largest absolute Gasteiger partial charge is 0.461 e. The molecule has 4 nitrogen and oxygen atoms in total. The number of ether oxygens (including phenoxy) is 1. The van der Waals surface area contributed by atoms with Gasteiger partial charge in [-0.1, -0.05) is 0 Å². The van der Waals surface area contributed by atoms with Crippen LogP contribution in [0.25, 0.3) is 11.0 Å². The van der Waals surface area contributed by atoms with Gasteiger partial charge in [0.25, 0.3) is 6.01 Å². The molecule has 15 heavy (non-hydrogen) atoms. The van der Waals surface area contributed by atoms with E-state index in [-0.39, 0.29) is 0 Å². The third-order valence-corrected chi connectivity index (χ3v) is 2.81. The van der Waals surface area contributed by atoms with Gasteiger partial charge < -0.3 is 15.5 Å². The molecule has 1 aliphatic carbocycles. The van der Waals surface area contributed by atoms with Crippen molar-refractivity contribution in [2.24, 2.45) is 0 Å². The van der Waals surface area contributed by atoms with Gasteiger partial charge in [-0.2, -0.15) is 4.98 Å². The first kappa shape index (κ1) is 8.59. The second kappa shape index (κ2) is 3.15. The molecule has 1 fully saturated rings. The maximum absolute atomic E-state index is 5.68. The van der Waals surface area contributed by atoms with Crippen LogP contribution in [0.5, 0.6) is 6.01 Å². The maximum Gasteiger partial charge on any atom is 0.294 e. The van der Waals surface area contributed by atoms with Gasteiger partial charge in [-0.25, -0.2) is 0 Å². The van der Waals surface area contributed by atoms with Crippen LogP contribution < -0.4 is 10.5 Å². The van der Waals surface area contributed by atoms with Crippen molar-refractivity contribution in [2.45, 2.75) is 25.4 Å². The lowest BCUT2D eigenvalue weighted by Gasteiger charge is -2.24. The first-order chi connectivity index (χ1) is 7.31. The standard InChI is InChI=1S/C11H13N3O/c12-7-4-5-9-10(6-7)14-11(13-9)15-8-2-1-3-8/h4-6,8H,1-3,12H2,(H,13,14). The zero-order chi connectivity index (χ0) is 10.3. The predicted molar refractivity (Wildman–Crippen MR) is 58.8 cm³/mol. The fraction of sp³-hybridized carbons (Fsp3) is 0.364. The first-order valence-electron chi connectivity index (χ1n) is 5.23. The lowest BCUT2D eigenvalue weighted by molar-refractivity contribution is 0.110. The van der Waals surface area contributed by atoms with Crippen molar-refractivity contribution in [1.29, 1.82) is 0 Å². The fourth-order valence-electron chi connectivity index (χ4n) is 1.71. The highest BCUT2D eigenvalue weighted by atomic mass is 16.5. The SMILES string of the molecule is Nc1ccc2nc(OC3CCC3)[nH]c2c1. The van der Waals surface area contributed by atoms with Crippen molar-refractivity contribution in [2.75, 3.05) is 5.73 Å². The van der Waals surface area contributed by atoms with Crippen LogP contribution in [-0.4, -0.2) is 16.1 Å². The summed E-state index contributed by atoms with van der Waals surface area (Å²) in [6.07, 6.45) is 3.89. The van der Waals surface area contributed by atoms with Crippen LogP contribution >= 0.6 is 0 Å². The molecule has 0 atom stereocenters. The minimum Gasteiger partial charge on any atom is -0.461 e. The van der Waals surface area contributed by atoms with Crippen molar-refractivity contribution >= 4 is 16.7 Å². The van der Waals surface area contributed by atoms with Gasteiger partial charge in [-0.3, -0.25) is 0 Å². The van der Waals surface area contributed by atoms with E-state index in [9.17, 15) is 0 Å². The highest BCUT2D eigenvalue weighted by Crippen LogP contribution is 2.25. The Bertz CT molecular complexity index is 488. The molecule has 0 amide bonds. The number of nitrogen functional groups attached to an aromatic ring is 1. The Balaban J connectivity index is 1.91. The van der Waals surface area contributed by atoms with Gasteiger partial charge in [0.15, 0.2) is 0 Å². The summed E-state index contributed by atoms with van der Waals surface area (Å²) in [7, 11) is 0. The zero-order valence-electron chi connectivity index (χ0n) is 8.36. The number of nitrogens with one attached hydrogen (secondary N) is 1. The molecule has 4 heteroatoms. The Morgan fingerprint density at radius 2 is 2.27 bits per heavy atom. The van der Waals surface area contributed by atoms with Crippen LogP contribution in [0, 0.1) is 0 Å². The highest BCUT2D eigenvalue weighted by molar-refractivity contribution is 5.79. The van der Waals surface area contributed by atoms with E-state index < -0.39 is 0 Å². The molecule has 1 aromatic carbocycles. The molecule has 1 heterocycles. The van der Waals surface area contributed by atoms with E-state index in [0.29, 0.717) is 12.1 Å². The third kappa shape index (κ3) is 1.52. The van der Waals surface area contributed by atoms with Crippen LogP contribution in [0.3, 0.4) is 0 Å². The quantitative estimate of drug-likeness (QED) is 0.734. The summed E-state index contributed by atoms with van der Waals surface area (Å²) in [5, 5.41) is 0. The molecule has 0 bridgehead atoms. The van der Waals surface area contributed by atoms with Crippen LogP contribution in [0.4, 0.5) is 5.69 Å². The number of H-pyrrole nitrogens is 1. The number of anilines is 1. The number of nitrogens with two attached hydrogens (primary N) is 1. The van der Waals surface area contributed by atoms with Gasteiger partial charge in [0, 0.05) is 5.69 Å². The Hall–Kier alpha value is -1.71. The molecular weight excluding hydrogens is 190 g/mol. The average Bonchev–Trinajstić information content (AvgIpc) is 2.53. The number of benzene rings is 1. The van der Waals surface area contributed by atoms with Crippen molar-refractivity contribution in [3.8, 4) is 6.01 Å². The molecule has 3 N–H and O–H groups in total. The van der Waals surface area contributed by atoms with E-state index in [4.69, 9.17) is 10.5 Å². The van der Waals surface area contributed by atoms with E-state index in [2.05, 4.69) is 9.97 Å². The van der Waals surface area contributed by atoms with Gasteiger partial charge in [0.1, 0.15) is 6.10 Å². The Kier molecular flexibility index (Phi) is 1.80. The average molecular weight is 203 g/mol. The molecule has 0 unspecified atom stereocenters. The molecular formula is C11H13N3O. The van der Waals surface area contributed by atoms with Crippen molar-refractivity contribution < 1.29 is 4.74 Å². The third-order valence-electron chi connectivity index (χ3n) is 2.81. The predicted octanol–water partition coefficient (Wildman–Crippen LogP) is 2.08. The summed E-state index contributed by atoms with van der Waals surface area (Å²) in [5.74, 6) is 0. The molecule has 1 saturated carbocycles. The van der Waals surface area contributed by atoms with E-state index >= 15 is 0 Å². The first-order valence-corrected chi connectivity index (χ1v) is 5.23. The van der Waals surface area contributed by atoms with Gasteiger partial charge in [0.05, 0.1) is 11.0 Å². The number of fused-ring (bicyclic) bond motifs is 1. The number of aromatic amines is 1. The number of aromatic nitrogens is 2. The fourth-order valence-corrected chi connectivity index (χ4v) is 1.71. The topological polar surface area (TPSA) is 63.9 Å². The second-order valence-corrected chi connectivity index (χ2v) is 3.99. The van der Waals surface area contributed by atoms with Crippen LogP contribution in [0.15, 0.2) is 18.2 Å². The number of hydrogen-bond acceptors (Lipinski definition) is 3. The second-order valence-electron chi connectivity index (χ2n) is 3.99. The summed E-state index contributed by atoms with van der Waals surface area (Å²) in [4.78, 5) is 7.46. The maximum atomic E-state index is 5.68. The summed E-state index contributed by atoms with van der Waals surface area (Å²) in [6.45, 7) is 0. The Morgan fingerprint density at radius 1 is 1.40 bits per heavy atom. The summed E-state index contributed by atoms with van der Waals surface area (Å²) in [6, 6.07) is 6.22. The Morgan fingerprint density at radius 3 is 3.00 bits per heavy atom. The summed E-state index contributed by atoms with van der Waals surface area (Å²) in [5.41, 5.74) is 8.26. The van der Waals surface area contributed by atoms with Crippen LogP contribution in [0.2, 0.25) is 0 Å². The van der Waals surface area contributed by atoms with Crippen LogP contribution in [0.1, 0.15) is 19.3 Å². The summed E-state index contributed by atoms with van der Waals surface area (Å²) < 4.78 is 5.67. The molecule has 0 spiro atoms. The number of hydrogen-bond donors (Lipinski definition) is 2. The molecule has 0 aliphatic heterocycles. The summed E-state index contributed by atoms with van der Waals surface area (Å²) >= 11 is 0. The number of nitrogens with zero attached hydrogens (tertiary/aromatic N) is 1. The molecule has 0 radical (unpaired) electrons. The van der Waals surface area contributed by atoms with E-state index in [0.717, 1.165) is 29.6 Å². The van der Waals surface area contributed by atoms with Crippen molar-refractivity contribution in [3.63, 3.8) is 0 Å². The number of rotatable bonds is 2. The van der Waals surface area contributed by atoms with Crippen molar-refractivity contribution in [3.05, 3.63) is 18.2 Å². The van der Waals surface area contributed by atoms with E-state index in [1.54, 1.807) is 0 Å². The lowest BCUT2D eigenvalue weighted by atomic mass is 9.96. The van der Waals surface area contributed by atoms with E-state index in [1.165, 1.54) is 6.42 Å². The molecule has 1 aromatic heterocycles. The van der Waals surface area contributed by atoms with Gasteiger partial charge in [-0.05, 0) is 37.5 Å². The molecule has 2 aromatic rings. The van der Waals surface area contributed by atoms with E-state index in [1.807, 2.05) is 18.2 Å². The monoisotopic (exact) mass is 203 g/mol. The van der Waals surface area contributed by atoms with Crippen molar-refractivity contribution in [1.82, 2.24) is 9.97 Å². The molecule has 3 rings (SSSR count). The highest BCUT2D eigenvalue weighted by Gasteiger charge is 2.20. The smallest absolute Gasteiger partial charge is 0.294 e. The van der Waals surface area contributed by atoms with Crippen LogP contribution in [-0.2, 0) is 0 Å². The minimum atomic E-state index is 0.350. The van der Waals surface area contributed by atoms with Gasteiger partial charge in [0.2, 0.25) is 0 Å². The minimum absolute atomic E-state index is 0.350.